The lowest BCUT2D eigenvalue weighted by Crippen LogP contribution is -2.43. The minimum Gasteiger partial charge on any atom is -0.383 e. The lowest BCUT2D eigenvalue weighted by Gasteiger charge is -2.24. The van der Waals surface area contributed by atoms with Crippen LogP contribution in [0.1, 0.15) is 0 Å². The van der Waals surface area contributed by atoms with Crippen LogP contribution in [0.4, 0.5) is 0 Å². The van der Waals surface area contributed by atoms with Crippen LogP contribution in [0.2, 0.25) is 0 Å². The van der Waals surface area contributed by atoms with Crippen molar-refractivity contribution in [3.63, 3.8) is 0 Å². The van der Waals surface area contributed by atoms with E-state index in [1.807, 2.05) is 0 Å². The first-order chi connectivity index (χ1) is 5.34. The second-order valence-corrected chi connectivity index (χ2v) is 2.52. The van der Waals surface area contributed by atoms with E-state index in [4.69, 9.17) is 9.47 Å². The van der Waals surface area contributed by atoms with Gasteiger partial charge >= 0.3 is 0 Å². The molecule has 64 valence electrons. The van der Waals surface area contributed by atoms with E-state index in [0.717, 1.165) is 0 Å². The maximum Gasteiger partial charge on any atom is 0.227 e. The number of amides is 1. The molecule has 0 saturated carbocycles. The quantitative estimate of drug-likeness (QED) is 0.557. The van der Waals surface area contributed by atoms with Gasteiger partial charge in [0.2, 0.25) is 5.91 Å². The average Bonchev–Trinajstić information content (AvgIpc) is 1.84. The molecular weight excluding hydrogens is 146 g/mol. The number of hydrogen-bond acceptors (Lipinski definition) is 3. The van der Waals surface area contributed by atoms with Gasteiger partial charge in [-0.2, -0.15) is 0 Å². The van der Waals surface area contributed by atoms with Crippen LogP contribution >= 0.6 is 0 Å². The molecular formula is C7H13NO3. The summed E-state index contributed by atoms with van der Waals surface area (Å²) in [4.78, 5) is 11.1. The van der Waals surface area contributed by atoms with Crippen molar-refractivity contribution in [2.45, 2.75) is 0 Å². The maximum atomic E-state index is 11.1. The Morgan fingerprint density at radius 1 is 1.73 bits per heavy atom. The molecule has 0 radical (unpaired) electrons. The standard InChI is InChI=1S/C7H13NO3/c1-10-3-2-8-7(9)6-4-11-5-6/h6H,2-5H2,1H3,(H,8,9). The molecule has 1 rings (SSSR count). The third kappa shape index (κ3) is 2.48. The van der Waals surface area contributed by atoms with E-state index in [-0.39, 0.29) is 11.8 Å². The van der Waals surface area contributed by atoms with Gasteiger partial charge in [-0.15, -0.1) is 0 Å². The van der Waals surface area contributed by atoms with Gasteiger partial charge in [-0.3, -0.25) is 4.79 Å². The topological polar surface area (TPSA) is 47.6 Å². The number of nitrogens with one attached hydrogen (secondary N) is 1. The molecule has 1 N–H and O–H groups in total. The van der Waals surface area contributed by atoms with Gasteiger partial charge in [-0.25, -0.2) is 0 Å². The largest absolute Gasteiger partial charge is 0.383 e. The van der Waals surface area contributed by atoms with Gasteiger partial charge in [0, 0.05) is 13.7 Å². The summed E-state index contributed by atoms with van der Waals surface area (Å²) in [5.41, 5.74) is 0. The van der Waals surface area contributed by atoms with Crippen molar-refractivity contribution in [1.82, 2.24) is 5.32 Å². The summed E-state index contributed by atoms with van der Waals surface area (Å²) in [5.74, 6) is 0.153. The van der Waals surface area contributed by atoms with Gasteiger partial charge in [0.25, 0.3) is 0 Å². The summed E-state index contributed by atoms with van der Waals surface area (Å²) >= 11 is 0. The number of methoxy groups -OCH3 is 1. The van der Waals surface area contributed by atoms with Crippen LogP contribution in [-0.4, -0.2) is 39.4 Å². The fourth-order valence-electron chi connectivity index (χ4n) is 0.808. The number of ether oxygens (including phenoxy) is 2. The predicted molar refractivity (Wildman–Crippen MR) is 39.2 cm³/mol. The summed E-state index contributed by atoms with van der Waals surface area (Å²) in [6.07, 6.45) is 0. The maximum absolute atomic E-state index is 11.1. The molecule has 0 bridgehead atoms. The van der Waals surface area contributed by atoms with Crippen LogP contribution < -0.4 is 5.32 Å². The molecule has 11 heavy (non-hydrogen) atoms. The summed E-state index contributed by atoms with van der Waals surface area (Å²) in [6.45, 7) is 2.29. The molecule has 4 nitrogen and oxygen atoms in total. The Labute approximate surface area is 65.9 Å². The van der Waals surface area contributed by atoms with Crippen LogP contribution in [-0.2, 0) is 14.3 Å². The zero-order chi connectivity index (χ0) is 8.10. The fourth-order valence-corrected chi connectivity index (χ4v) is 0.808. The molecule has 1 aliphatic heterocycles. The monoisotopic (exact) mass is 159 g/mol. The molecule has 0 atom stereocenters. The van der Waals surface area contributed by atoms with Crippen molar-refractivity contribution in [2.75, 3.05) is 33.5 Å². The van der Waals surface area contributed by atoms with Gasteiger partial charge in [0.1, 0.15) is 0 Å². The van der Waals surface area contributed by atoms with Crippen molar-refractivity contribution in [3.8, 4) is 0 Å². The van der Waals surface area contributed by atoms with E-state index in [1.165, 1.54) is 0 Å². The van der Waals surface area contributed by atoms with Gasteiger partial charge in [0.15, 0.2) is 0 Å². The molecule has 0 aromatic heterocycles. The summed E-state index contributed by atoms with van der Waals surface area (Å²) in [7, 11) is 1.61. The van der Waals surface area contributed by atoms with E-state index in [0.29, 0.717) is 26.4 Å². The first-order valence-corrected chi connectivity index (χ1v) is 3.69. The minimum absolute atomic E-state index is 0.0758. The predicted octanol–water partition coefficient (Wildman–Crippen LogP) is -0.605. The molecule has 0 spiro atoms. The normalized spacial score (nSPS) is 17.5. The fraction of sp³-hybridized carbons (Fsp3) is 0.857. The highest BCUT2D eigenvalue weighted by atomic mass is 16.5. The van der Waals surface area contributed by atoms with Crippen LogP contribution in [0.25, 0.3) is 0 Å². The third-order valence-corrected chi connectivity index (χ3v) is 1.61. The third-order valence-electron chi connectivity index (χ3n) is 1.61. The number of hydrogen-bond donors (Lipinski definition) is 1. The first kappa shape index (κ1) is 8.49. The van der Waals surface area contributed by atoms with Crippen molar-refractivity contribution < 1.29 is 14.3 Å². The molecule has 0 aliphatic carbocycles. The smallest absolute Gasteiger partial charge is 0.227 e. The Bertz CT molecular complexity index is 134. The summed E-state index contributed by atoms with van der Waals surface area (Å²) in [5, 5.41) is 2.74. The van der Waals surface area contributed by atoms with Gasteiger partial charge in [-0.05, 0) is 0 Å². The second-order valence-electron chi connectivity index (χ2n) is 2.52. The molecule has 1 amide bonds. The number of carbonyl (C=O) groups is 1. The molecule has 4 heteroatoms. The van der Waals surface area contributed by atoms with Gasteiger partial charge < -0.3 is 14.8 Å². The zero-order valence-electron chi connectivity index (χ0n) is 6.63. The van der Waals surface area contributed by atoms with E-state index in [1.54, 1.807) is 7.11 Å². The minimum atomic E-state index is 0.0758. The molecule has 1 saturated heterocycles. The molecule has 0 aromatic rings. The lowest BCUT2D eigenvalue weighted by atomic mass is 10.1. The summed E-state index contributed by atoms with van der Waals surface area (Å²) < 4.78 is 9.65. The highest BCUT2D eigenvalue weighted by Crippen LogP contribution is 2.08. The Morgan fingerprint density at radius 3 is 2.91 bits per heavy atom. The average molecular weight is 159 g/mol. The Kier molecular flexibility index (Phi) is 3.32. The Morgan fingerprint density at radius 2 is 2.45 bits per heavy atom. The molecule has 0 aromatic carbocycles. The van der Waals surface area contributed by atoms with E-state index >= 15 is 0 Å². The van der Waals surface area contributed by atoms with Crippen molar-refractivity contribution in [1.29, 1.82) is 0 Å². The van der Waals surface area contributed by atoms with Gasteiger partial charge in [-0.1, -0.05) is 0 Å². The van der Waals surface area contributed by atoms with Crippen molar-refractivity contribution in [3.05, 3.63) is 0 Å². The second kappa shape index (κ2) is 4.31. The highest BCUT2D eigenvalue weighted by molar-refractivity contribution is 5.79. The van der Waals surface area contributed by atoms with Gasteiger partial charge in [0.05, 0.1) is 25.7 Å². The zero-order valence-corrected chi connectivity index (χ0v) is 6.63. The number of rotatable bonds is 4. The molecule has 1 fully saturated rings. The van der Waals surface area contributed by atoms with Crippen molar-refractivity contribution >= 4 is 5.91 Å². The molecule has 1 heterocycles. The number of carbonyl (C=O) groups excluding carboxylic acids is 1. The van der Waals surface area contributed by atoms with E-state index in [2.05, 4.69) is 5.32 Å². The SMILES string of the molecule is COCCNC(=O)C1COC1. The van der Waals surface area contributed by atoms with Crippen LogP contribution in [0, 0.1) is 5.92 Å². The van der Waals surface area contributed by atoms with E-state index < -0.39 is 0 Å². The highest BCUT2D eigenvalue weighted by Gasteiger charge is 2.25. The van der Waals surface area contributed by atoms with Crippen LogP contribution in [0.15, 0.2) is 0 Å². The summed E-state index contributed by atoms with van der Waals surface area (Å²) in [6, 6.07) is 0. The molecule has 0 unspecified atom stereocenters. The van der Waals surface area contributed by atoms with E-state index in [9.17, 15) is 4.79 Å². The Hall–Kier alpha value is -0.610. The van der Waals surface area contributed by atoms with Crippen LogP contribution in [0.3, 0.4) is 0 Å². The first-order valence-electron chi connectivity index (χ1n) is 3.69. The van der Waals surface area contributed by atoms with Crippen molar-refractivity contribution in [2.24, 2.45) is 5.92 Å². The Balaban J connectivity index is 2.01. The molecule has 1 aliphatic rings. The lowest BCUT2D eigenvalue weighted by molar-refractivity contribution is -0.139. The van der Waals surface area contributed by atoms with Crippen LogP contribution in [0.5, 0.6) is 0 Å².